The Morgan fingerprint density at radius 3 is 1.89 bits per heavy atom. The summed E-state index contributed by atoms with van der Waals surface area (Å²) in [5.74, 6) is 0.662. The molecule has 0 aliphatic heterocycles. The van der Waals surface area contributed by atoms with Crippen LogP contribution in [0.3, 0.4) is 0 Å². The molecule has 3 heteroatoms. The number of hydrogen-bond acceptors (Lipinski definition) is 2. The zero-order valence-corrected chi connectivity index (χ0v) is 15.8. The largest absolute Gasteiger partial charge is 0.489 e. The summed E-state index contributed by atoms with van der Waals surface area (Å²) >= 11 is 0. The molecule has 0 bridgehead atoms. The second kappa shape index (κ2) is 9.04. The van der Waals surface area contributed by atoms with Crippen LogP contribution in [0, 0.1) is 0 Å². The fourth-order valence-electron chi connectivity index (χ4n) is 3.11. The van der Waals surface area contributed by atoms with Gasteiger partial charge in [-0.1, -0.05) is 72.8 Å². The van der Waals surface area contributed by atoms with E-state index in [0.717, 1.165) is 11.1 Å². The molecule has 0 radical (unpaired) electrons. The van der Waals surface area contributed by atoms with Crippen LogP contribution >= 0.6 is 0 Å². The molecule has 0 atom stereocenters. The van der Waals surface area contributed by atoms with Crippen molar-refractivity contribution >= 4 is 11.6 Å². The van der Waals surface area contributed by atoms with Crippen LogP contribution in [-0.4, -0.2) is 12.0 Å². The molecule has 3 nitrogen and oxygen atoms in total. The summed E-state index contributed by atoms with van der Waals surface area (Å²) in [5, 5.41) is 3.02. The minimum absolute atomic E-state index is 0.00517. The molecule has 0 aliphatic rings. The predicted molar refractivity (Wildman–Crippen MR) is 110 cm³/mol. The van der Waals surface area contributed by atoms with Gasteiger partial charge in [-0.25, -0.2) is 0 Å². The summed E-state index contributed by atoms with van der Waals surface area (Å²) in [4.78, 5) is 12.8. The molecule has 0 aliphatic carbocycles. The third kappa shape index (κ3) is 5.20. The summed E-state index contributed by atoms with van der Waals surface area (Å²) in [6.45, 7) is 3.94. The van der Waals surface area contributed by atoms with Gasteiger partial charge in [-0.2, -0.15) is 0 Å². The average Bonchev–Trinajstić information content (AvgIpc) is 2.69. The molecule has 0 fully saturated rings. The maximum absolute atomic E-state index is 12.8. The average molecular weight is 359 g/mol. The van der Waals surface area contributed by atoms with Crippen molar-refractivity contribution in [3.63, 3.8) is 0 Å². The Hall–Kier alpha value is -3.07. The van der Waals surface area contributed by atoms with Gasteiger partial charge in [0, 0.05) is 12.3 Å². The van der Waals surface area contributed by atoms with E-state index < -0.39 is 0 Å². The Morgan fingerprint density at radius 2 is 1.33 bits per heavy atom. The summed E-state index contributed by atoms with van der Waals surface area (Å²) in [6, 6.07) is 27.9. The third-order valence-corrected chi connectivity index (χ3v) is 4.32. The van der Waals surface area contributed by atoms with Gasteiger partial charge in [-0.3, -0.25) is 4.79 Å². The highest BCUT2D eigenvalue weighted by atomic mass is 16.5. The molecule has 0 saturated carbocycles. The van der Waals surface area contributed by atoms with Crippen molar-refractivity contribution in [1.82, 2.24) is 0 Å². The molecule has 27 heavy (non-hydrogen) atoms. The van der Waals surface area contributed by atoms with Crippen LogP contribution in [0.25, 0.3) is 0 Å². The van der Waals surface area contributed by atoms with Crippen molar-refractivity contribution < 1.29 is 9.53 Å². The quantitative estimate of drug-likeness (QED) is 0.593. The molecule has 0 heterocycles. The predicted octanol–water partition coefficient (Wildman–Crippen LogP) is 5.63. The highest BCUT2D eigenvalue weighted by molar-refractivity contribution is 5.93. The Labute approximate surface area is 161 Å². The first kappa shape index (κ1) is 18.7. The second-order valence-electron chi connectivity index (χ2n) is 6.79. The van der Waals surface area contributed by atoms with Crippen LogP contribution in [0.5, 0.6) is 5.75 Å². The molecule has 0 spiro atoms. The van der Waals surface area contributed by atoms with Crippen molar-refractivity contribution in [3.8, 4) is 5.75 Å². The van der Waals surface area contributed by atoms with Crippen molar-refractivity contribution in [1.29, 1.82) is 0 Å². The van der Waals surface area contributed by atoms with Gasteiger partial charge in [0.15, 0.2) is 0 Å². The van der Waals surface area contributed by atoms with Crippen molar-refractivity contribution in [3.05, 3.63) is 96.1 Å². The molecular weight excluding hydrogens is 334 g/mol. The Kier molecular flexibility index (Phi) is 6.26. The number of carbonyl (C=O) groups excluding carboxylic acids is 1. The standard InChI is InChI=1S/C24H25NO2/c1-18(2)27-23-16-10-9-15-22(23)25-24(26)17-21(19-11-5-3-6-12-19)20-13-7-4-8-14-20/h3-16,18,21H,17H2,1-2H3,(H,25,26). The number of hydrogen-bond donors (Lipinski definition) is 1. The minimum atomic E-state index is -0.0347. The number of carbonyl (C=O) groups is 1. The van der Waals surface area contributed by atoms with Gasteiger partial charge in [0.2, 0.25) is 5.91 Å². The fraction of sp³-hybridized carbons (Fsp3) is 0.208. The van der Waals surface area contributed by atoms with Crippen molar-refractivity contribution in [2.24, 2.45) is 0 Å². The highest BCUT2D eigenvalue weighted by Crippen LogP contribution is 2.30. The normalized spacial score (nSPS) is 10.8. The maximum Gasteiger partial charge on any atom is 0.225 e. The zero-order valence-electron chi connectivity index (χ0n) is 15.8. The van der Waals surface area contributed by atoms with E-state index in [1.165, 1.54) is 0 Å². The number of para-hydroxylation sites is 2. The lowest BCUT2D eigenvalue weighted by molar-refractivity contribution is -0.116. The van der Waals surface area contributed by atoms with Crippen molar-refractivity contribution in [2.45, 2.75) is 32.3 Å². The molecule has 0 aromatic heterocycles. The Bertz CT molecular complexity index is 820. The SMILES string of the molecule is CC(C)Oc1ccccc1NC(=O)CC(c1ccccc1)c1ccccc1. The summed E-state index contributed by atoms with van der Waals surface area (Å²) in [7, 11) is 0. The van der Waals surface area contributed by atoms with E-state index in [1.54, 1.807) is 0 Å². The topological polar surface area (TPSA) is 38.3 Å². The third-order valence-electron chi connectivity index (χ3n) is 4.32. The van der Waals surface area contributed by atoms with Crippen LogP contribution in [0.4, 0.5) is 5.69 Å². The fourth-order valence-corrected chi connectivity index (χ4v) is 3.11. The number of anilines is 1. The van der Waals surface area contributed by atoms with E-state index in [-0.39, 0.29) is 17.9 Å². The van der Waals surface area contributed by atoms with Gasteiger partial charge in [-0.15, -0.1) is 0 Å². The Balaban J connectivity index is 1.80. The molecule has 3 aromatic carbocycles. The molecule has 3 rings (SSSR count). The van der Waals surface area contributed by atoms with Gasteiger partial charge in [-0.05, 0) is 37.1 Å². The van der Waals surface area contributed by atoms with Crippen molar-refractivity contribution in [2.75, 3.05) is 5.32 Å². The highest BCUT2D eigenvalue weighted by Gasteiger charge is 2.19. The first-order valence-corrected chi connectivity index (χ1v) is 9.29. The molecule has 0 unspecified atom stereocenters. The lowest BCUT2D eigenvalue weighted by Gasteiger charge is -2.19. The van der Waals surface area contributed by atoms with Gasteiger partial charge in [0.25, 0.3) is 0 Å². The number of rotatable bonds is 7. The van der Waals surface area contributed by atoms with E-state index in [0.29, 0.717) is 17.9 Å². The smallest absolute Gasteiger partial charge is 0.225 e. The molecule has 1 N–H and O–H groups in total. The number of benzene rings is 3. The molecule has 138 valence electrons. The van der Waals surface area contributed by atoms with Crippen LogP contribution in [-0.2, 0) is 4.79 Å². The van der Waals surface area contributed by atoms with Gasteiger partial charge >= 0.3 is 0 Å². The Morgan fingerprint density at radius 1 is 0.815 bits per heavy atom. The van der Waals surface area contributed by atoms with Crippen LogP contribution in [0.2, 0.25) is 0 Å². The summed E-state index contributed by atoms with van der Waals surface area (Å²) < 4.78 is 5.81. The molecular formula is C24H25NO2. The van der Waals surface area contributed by atoms with Gasteiger partial charge in [0.05, 0.1) is 11.8 Å². The summed E-state index contributed by atoms with van der Waals surface area (Å²) in [5.41, 5.74) is 2.97. The minimum Gasteiger partial charge on any atom is -0.489 e. The second-order valence-corrected chi connectivity index (χ2v) is 6.79. The number of nitrogens with one attached hydrogen (secondary N) is 1. The lowest BCUT2D eigenvalue weighted by Crippen LogP contribution is -2.17. The lowest BCUT2D eigenvalue weighted by atomic mass is 9.88. The monoisotopic (exact) mass is 359 g/mol. The van der Waals surface area contributed by atoms with Gasteiger partial charge < -0.3 is 10.1 Å². The number of amides is 1. The van der Waals surface area contributed by atoms with Crippen LogP contribution < -0.4 is 10.1 Å². The first-order valence-electron chi connectivity index (χ1n) is 9.29. The summed E-state index contributed by atoms with van der Waals surface area (Å²) in [6.07, 6.45) is 0.411. The van der Waals surface area contributed by atoms with E-state index in [2.05, 4.69) is 29.6 Å². The van der Waals surface area contributed by atoms with E-state index in [9.17, 15) is 4.79 Å². The molecule has 0 saturated heterocycles. The molecule has 1 amide bonds. The van der Waals surface area contributed by atoms with Crippen LogP contribution in [0.1, 0.15) is 37.3 Å². The zero-order chi connectivity index (χ0) is 19.1. The van der Waals surface area contributed by atoms with E-state index in [1.807, 2.05) is 74.5 Å². The van der Waals surface area contributed by atoms with Gasteiger partial charge in [0.1, 0.15) is 5.75 Å². The van der Waals surface area contributed by atoms with Crippen LogP contribution in [0.15, 0.2) is 84.9 Å². The maximum atomic E-state index is 12.8. The first-order chi connectivity index (χ1) is 13.1. The molecule has 3 aromatic rings. The van der Waals surface area contributed by atoms with E-state index in [4.69, 9.17) is 4.74 Å². The van der Waals surface area contributed by atoms with E-state index >= 15 is 0 Å². The number of ether oxygens (including phenoxy) is 1.